The maximum Gasteiger partial charge on any atom is 0.123 e. The molecule has 0 N–H and O–H groups in total. The summed E-state index contributed by atoms with van der Waals surface area (Å²) in [5.74, 6) is 0.891. The molecule has 1 fully saturated rings. The maximum absolute atomic E-state index is 6.32. The van der Waals surface area contributed by atoms with Gasteiger partial charge in [-0.2, -0.15) is 5.10 Å². The molecule has 0 radical (unpaired) electrons. The van der Waals surface area contributed by atoms with Gasteiger partial charge in [-0.05, 0) is 53.5 Å². The zero-order valence-corrected chi connectivity index (χ0v) is 18.1. The second-order valence-electron chi connectivity index (χ2n) is 7.02. The molecule has 7 heteroatoms. The number of aromatic nitrogens is 2. The van der Waals surface area contributed by atoms with Crippen molar-refractivity contribution < 1.29 is 4.74 Å². The van der Waals surface area contributed by atoms with Crippen molar-refractivity contribution in [2.75, 3.05) is 44.2 Å². The summed E-state index contributed by atoms with van der Waals surface area (Å²) >= 11 is 9.83. The van der Waals surface area contributed by atoms with E-state index in [0.717, 1.165) is 78.6 Å². The smallest absolute Gasteiger partial charge is 0.123 e. The molecule has 0 saturated carbocycles. The molecule has 0 spiro atoms. The summed E-state index contributed by atoms with van der Waals surface area (Å²) < 4.78 is 8.73. The Labute approximate surface area is 179 Å². The maximum atomic E-state index is 6.32. The Hall–Kier alpha value is -1.76. The van der Waals surface area contributed by atoms with Gasteiger partial charge in [0.15, 0.2) is 0 Å². The highest BCUT2D eigenvalue weighted by Crippen LogP contribution is 2.26. The largest absolute Gasteiger partial charge is 0.493 e. The molecule has 1 aliphatic rings. The summed E-state index contributed by atoms with van der Waals surface area (Å²) in [4.78, 5) is 4.91. The van der Waals surface area contributed by atoms with E-state index in [-0.39, 0.29) is 0 Å². The molecule has 3 heterocycles. The zero-order valence-electron chi connectivity index (χ0n) is 15.7. The lowest BCUT2D eigenvalue weighted by molar-refractivity contribution is 0.238. The molecule has 2 aromatic heterocycles. The Morgan fingerprint density at radius 1 is 1.07 bits per heavy atom. The Bertz CT molecular complexity index is 924. The second-order valence-corrected chi connectivity index (χ2v) is 8.28. The third-order valence-corrected chi connectivity index (χ3v) is 6.08. The fourth-order valence-corrected chi connectivity index (χ4v) is 4.21. The number of pyridine rings is 1. The summed E-state index contributed by atoms with van der Waals surface area (Å²) in [6.45, 7) is 6.07. The quantitative estimate of drug-likeness (QED) is 0.474. The Morgan fingerprint density at radius 3 is 2.71 bits per heavy atom. The predicted molar refractivity (Wildman–Crippen MR) is 118 cm³/mol. The van der Waals surface area contributed by atoms with Gasteiger partial charge in [-0.15, -0.1) is 0 Å². The molecule has 4 rings (SSSR count). The van der Waals surface area contributed by atoms with E-state index in [1.807, 2.05) is 35.0 Å². The van der Waals surface area contributed by atoms with Crippen molar-refractivity contribution in [3.8, 4) is 5.75 Å². The molecule has 0 bridgehead atoms. The van der Waals surface area contributed by atoms with E-state index < -0.39 is 0 Å². The number of hydrogen-bond acceptors (Lipinski definition) is 4. The lowest BCUT2D eigenvalue weighted by atomic mass is 10.2. The normalized spacial score (nSPS) is 15.3. The first kappa shape index (κ1) is 19.6. The first-order valence-electron chi connectivity index (χ1n) is 9.68. The van der Waals surface area contributed by atoms with Crippen LogP contribution < -0.4 is 9.64 Å². The van der Waals surface area contributed by atoms with Gasteiger partial charge in [0.05, 0.1) is 33.5 Å². The fraction of sp³-hybridized carbons (Fsp3) is 0.381. The fourth-order valence-electron chi connectivity index (χ4n) is 3.57. The Kier molecular flexibility index (Phi) is 6.40. The minimum Gasteiger partial charge on any atom is -0.493 e. The number of hydrogen-bond donors (Lipinski definition) is 0. The molecule has 0 atom stereocenters. The highest BCUT2D eigenvalue weighted by molar-refractivity contribution is 9.10. The minimum atomic E-state index is 0.738. The monoisotopic (exact) mass is 462 g/mol. The predicted octanol–water partition coefficient (Wildman–Crippen LogP) is 4.73. The van der Waals surface area contributed by atoms with E-state index in [2.05, 4.69) is 43.0 Å². The van der Waals surface area contributed by atoms with Gasteiger partial charge < -0.3 is 9.64 Å². The van der Waals surface area contributed by atoms with Crippen LogP contribution in [0.2, 0.25) is 5.02 Å². The molecule has 28 heavy (non-hydrogen) atoms. The number of anilines is 1. The van der Waals surface area contributed by atoms with Gasteiger partial charge in [0.2, 0.25) is 0 Å². The van der Waals surface area contributed by atoms with Crippen LogP contribution in [0.25, 0.3) is 5.52 Å². The van der Waals surface area contributed by atoms with E-state index in [4.69, 9.17) is 16.3 Å². The molecule has 3 aromatic rings. The van der Waals surface area contributed by atoms with Crippen LogP contribution in [0, 0.1) is 0 Å². The van der Waals surface area contributed by atoms with Crippen LogP contribution in [0.15, 0.2) is 53.3 Å². The summed E-state index contributed by atoms with van der Waals surface area (Å²) in [5.41, 5.74) is 2.17. The third-order valence-electron chi connectivity index (χ3n) is 5.15. The minimum absolute atomic E-state index is 0.738. The average molecular weight is 464 g/mol. The van der Waals surface area contributed by atoms with Gasteiger partial charge in [0.1, 0.15) is 5.75 Å². The summed E-state index contributed by atoms with van der Waals surface area (Å²) in [5, 5.41) is 5.09. The lowest BCUT2D eigenvalue weighted by Crippen LogP contribution is -2.46. The molecule has 0 amide bonds. The summed E-state index contributed by atoms with van der Waals surface area (Å²) in [6, 6.07) is 12.1. The van der Waals surface area contributed by atoms with Crippen molar-refractivity contribution in [2.45, 2.75) is 12.8 Å². The van der Waals surface area contributed by atoms with Gasteiger partial charge in [-0.1, -0.05) is 23.7 Å². The van der Waals surface area contributed by atoms with Crippen LogP contribution in [0.5, 0.6) is 5.75 Å². The van der Waals surface area contributed by atoms with Gasteiger partial charge >= 0.3 is 0 Å². The first-order valence-corrected chi connectivity index (χ1v) is 10.9. The van der Waals surface area contributed by atoms with Crippen molar-refractivity contribution in [1.82, 2.24) is 14.5 Å². The summed E-state index contributed by atoms with van der Waals surface area (Å²) in [7, 11) is 0. The van der Waals surface area contributed by atoms with Crippen LogP contribution >= 0.6 is 27.5 Å². The topological polar surface area (TPSA) is 33.0 Å². The number of ether oxygens (including phenoxy) is 1. The number of rotatable bonds is 7. The van der Waals surface area contributed by atoms with E-state index in [1.54, 1.807) is 6.20 Å². The number of benzene rings is 1. The van der Waals surface area contributed by atoms with Crippen molar-refractivity contribution in [1.29, 1.82) is 0 Å². The number of fused-ring (bicyclic) bond motifs is 1. The molecular weight excluding hydrogens is 440 g/mol. The molecule has 1 aromatic carbocycles. The Balaban J connectivity index is 1.16. The number of piperazine rings is 1. The van der Waals surface area contributed by atoms with Crippen LogP contribution in [-0.2, 0) is 0 Å². The van der Waals surface area contributed by atoms with Gasteiger partial charge in [-0.3, -0.25) is 4.90 Å². The molecule has 5 nitrogen and oxygen atoms in total. The third kappa shape index (κ3) is 4.62. The lowest BCUT2D eigenvalue weighted by Gasteiger charge is -2.36. The van der Waals surface area contributed by atoms with Crippen LogP contribution in [0.3, 0.4) is 0 Å². The standard InChI is InChI=1S/C21H24BrClN4O/c22-18-16-24-27-9-7-17(15-21(18)27)28-14-4-3-8-25-10-12-26(13-11-25)20-6-2-1-5-19(20)23/h1-2,5-7,9,15-16H,3-4,8,10-14H2. The number of nitrogens with zero attached hydrogens (tertiary/aromatic N) is 4. The van der Waals surface area contributed by atoms with Crippen molar-refractivity contribution in [2.24, 2.45) is 0 Å². The highest BCUT2D eigenvalue weighted by Gasteiger charge is 2.18. The molecule has 0 aliphatic carbocycles. The van der Waals surface area contributed by atoms with E-state index in [1.165, 1.54) is 0 Å². The summed E-state index contributed by atoms with van der Waals surface area (Å²) in [6.07, 6.45) is 5.92. The van der Waals surface area contributed by atoms with Crippen LogP contribution in [-0.4, -0.2) is 53.8 Å². The van der Waals surface area contributed by atoms with Crippen LogP contribution in [0.4, 0.5) is 5.69 Å². The molecule has 0 unspecified atom stereocenters. The first-order chi connectivity index (χ1) is 13.7. The number of halogens is 2. The van der Waals surface area contributed by atoms with E-state index >= 15 is 0 Å². The molecule has 1 saturated heterocycles. The molecule has 148 valence electrons. The number of unbranched alkanes of at least 4 members (excludes halogenated alkanes) is 1. The SMILES string of the molecule is Clc1ccccc1N1CCN(CCCCOc2ccn3ncc(Br)c3c2)CC1. The van der Waals surface area contributed by atoms with Crippen LogP contribution in [0.1, 0.15) is 12.8 Å². The average Bonchev–Trinajstić information content (AvgIpc) is 3.09. The van der Waals surface area contributed by atoms with E-state index in [0.29, 0.717) is 0 Å². The van der Waals surface area contributed by atoms with Crippen molar-refractivity contribution in [3.63, 3.8) is 0 Å². The molecule has 1 aliphatic heterocycles. The highest BCUT2D eigenvalue weighted by atomic mass is 79.9. The second kappa shape index (κ2) is 9.16. The van der Waals surface area contributed by atoms with Gasteiger partial charge in [-0.25, -0.2) is 4.52 Å². The number of para-hydroxylation sites is 1. The van der Waals surface area contributed by atoms with E-state index in [9.17, 15) is 0 Å². The molecular formula is C21H24BrClN4O. The van der Waals surface area contributed by atoms with Gasteiger partial charge in [0.25, 0.3) is 0 Å². The Morgan fingerprint density at radius 2 is 1.89 bits per heavy atom. The zero-order chi connectivity index (χ0) is 19.3. The van der Waals surface area contributed by atoms with Gasteiger partial charge in [0, 0.05) is 38.4 Å². The van der Waals surface area contributed by atoms with Crippen molar-refractivity contribution >= 4 is 38.7 Å². The van der Waals surface area contributed by atoms with Crippen molar-refractivity contribution in [3.05, 3.63) is 58.3 Å².